The molecule has 0 atom stereocenters. The number of nitro groups is 1. The normalized spacial score (nSPS) is 15.1. The molecular weight excluding hydrogens is 276 g/mol. The SMILES string of the molecule is Cc1ccc2c(c1)CCN(Cc1ccc([N+](=O)[O-])cc1)CC2. The van der Waals surface area contributed by atoms with E-state index in [-0.39, 0.29) is 10.6 Å². The maximum atomic E-state index is 10.7. The molecule has 0 radical (unpaired) electrons. The van der Waals surface area contributed by atoms with Crippen LogP contribution in [0.1, 0.15) is 22.3 Å². The summed E-state index contributed by atoms with van der Waals surface area (Å²) in [6.07, 6.45) is 2.15. The molecule has 0 N–H and O–H groups in total. The number of non-ortho nitro benzene ring substituents is 1. The average Bonchev–Trinajstić information content (AvgIpc) is 2.70. The van der Waals surface area contributed by atoms with Crippen molar-refractivity contribution >= 4 is 5.69 Å². The van der Waals surface area contributed by atoms with Crippen molar-refractivity contribution in [1.29, 1.82) is 0 Å². The van der Waals surface area contributed by atoms with Gasteiger partial charge >= 0.3 is 0 Å². The number of nitro benzene ring substituents is 1. The number of hydrogen-bond acceptors (Lipinski definition) is 3. The van der Waals surface area contributed by atoms with Crippen LogP contribution in [0.5, 0.6) is 0 Å². The maximum absolute atomic E-state index is 10.7. The summed E-state index contributed by atoms with van der Waals surface area (Å²) in [5, 5.41) is 10.7. The number of hydrogen-bond donors (Lipinski definition) is 0. The summed E-state index contributed by atoms with van der Waals surface area (Å²) in [6.45, 7) is 5.06. The monoisotopic (exact) mass is 296 g/mol. The van der Waals surface area contributed by atoms with E-state index >= 15 is 0 Å². The van der Waals surface area contributed by atoms with Crippen molar-refractivity contribution in [2.45, 2.75) is 26.3 Å². The van der Waals surface area contributed by atoms with E-state index in [4.69, 9.17) is 0 Å². The van der Waals surface area contributed by atoms with Crippen LogP contribution >= 0.6 is 0 Å². The first-order chi connectivity index (χ1) is 10.6. The summed E-state index contributed by atoms with van der Waals surface area (Å²) in [5.41, 5.74) is 5.53. The third-order valence-corrected chi connectivity index (χ3v) is 4.31. The number of fused-ring (bicyclic) bond motifs is 1. The molecule has 0 unspecified atom stereocenters. The molecule has 3 rings (SSSR count). The van der Waals surface area contributed by atoms with E-state index in [1.54, 1.807) is 12.1 Å². The minimum absolute atomic E-state index is 0.155. The van der Waals surface area contributed by atoms with Gasteiger partial charge in [-0.3, -0.25) is 15.0 Å². The van der Waals surface area contributed by atoms with Crippen LogP contribution in [0.4, 0.5) is 5.69 Å². The largest absolute Gasteiger partial charge is 0.298 e. The maximum Gasteiger partial charge on any atom is 0.269 e. The third-order valence-electron chi connectivity index (χ3n) is 4.31. The average molecular weight is 296 g/mol. The van der Waals surface area contributed by atoms with Gasteiger partial charge in [-0.25, -0.2) is 0 Å². The van der Waals surface area contributed by atoms with Crippen LogP contribution in [0.25, 0.3) is 0 Å². The zero-order chi connectivity index (χ0) is 15.5. The lowest BCUT2D eigenvalue weighted by atomic mass is 10.0. The van der Waals surface area contributed by atoms with Gasteiger partial charge in [0.2, 0.25) is 0 Å². The van der Waals surface area contributed by atoms with Crippen molar-refractivity contribution in [3.05, 3.63) is 74.8 Å². The van der Waals surface area contributed by atoms with Crippen molar-refractivity contribution in [1.82, 2.24) is 4.90 Å². The lowest BCUT2D eigenvalue weighted by molar-refractivity contribution is -0.384. The van der Waals surface area contributed by atoms with Gasteiger partial charge in [0.15, 0.2) is 0 Å². The van der Waals surface area contributed by atoms with E-state index in [2.05, 4.69) is 30.0 Å². The lowest BCUT2D eigenvalue weighted by Crippen LogP contribution is -2.25. The Morgan fingerprint density at radius 3 is 2.41 bits per heavy atom. The first-order valence-electron chi connectivity index (χ1n) is 7.66. The first kappa shape index (κ1) is 14.7. The molecule has 2 aromatic carbocycles. The number of benzene rings is 2. The highest BCUT2D eigenvalue weighted by atomic mass is 16.6. The van der Waals surface area contributed by atoms with Gasteiger partial charge in [-0.05, 0) is 36.5 Å². The minimum atomic E-state index is -0.352. The number of rotatable bonds is 3. The van der Waals surface area contributed by atoms with Crippen molar-refractivity contribution < 1.29 is 4.92 Å². The van der Waals surface area contributed by atoms with Gasteiger partial charge in [0.1, 0.15) is 0 Å². The molecule has 0 saturated heterocycles. The van der Waals surface area contributed by atoms with Gasteiger partial charge in [-0.1, -0.05) is 35.9 Å². The summed E-state index contributed by atoms with van der Waals surface area (Å²) >= 11 is 0. The van der Waals surface area contributed by atoms with Gasteiger partial charge in [-0.15, -0.1) is 0 Å². The van der Waals surface area contributed by atoms with Crippen LogP contribution in [-0.4, -0.2) is 22.9 Å². The minimum Gasteiger partial charge on any atom is -0.298 e. The quantitative estimate of drug-likeness (QED) is 0.643. The Hall–Kier alpha value is -2.20. The third kappa shape index (κ3) is 3.34. The number of aryl methyl sites for hydroxylation is 1. The topological polar surface area (TPSA) is 46.4 Å². The van der Waals surface area contributed by atoms with E-state index < -0.39 is 0 Å². The molecule has 114 valence electrons. The molecular formula is C18H20N2O2. The summed E-state index contributed by atoms with van der Waals surface area (Å²) in [6, 6.07) is 13.6. The Morgan fingerprint density at radius 1 is 1.05 bits per heavy atom. The molecule has 0 aromatic heterocycles. The van der Waals surface area contributed by atoms with Crippen LogP contribution in [-0.2, 0) is 19.4 Å². The van der Waals surface area contributed by atoms with Crippen molar-refractivity contribution in [3.63, 3.8) is 0 Å². The summed E-state index contributed by atoms with van der Waals surface area (Å²) in [5.74, 6) is 0. The molecule has 2 aromatic rings. The second-order valence-electron chi connectivity index (χ2n) is 5.97. The summed E-state index contributed by atoms with van der Waals surface area (Å²) < 4.78 is 0. The highest BCUT2D eigenvalue weighted by molar-refractivity contribution is 5.34. The molecule has 0 saturated carbocycles. The molecule has 1 aliphatic rings. The second-order valence-corrected chi connectivity index (χ2v) is 5.97. The standard InChI is InChI=1S/C18H20N2O2/c1-14-2-5-16-8-10-19(11-9-17(16)12-14)13-15-3-6-18(7-4-15)20(21)22/h2-7,12H,8-11,13H2,1H3. The Bertz CT molecular complexity index is 680. The van der Waals surface area contributed by atoms with E-state index in [0.29, 0.717) is 0 Å². The van der Waals surface area contributed by atoms with Crippen LogP contribution < -0.4 is 0 Å². The fourth-order valence-corrected chi connectivity index (χ4v) is 3.04. The molecule has 0 bridgehead atoms. The van der Waals surface area contributed by atoms with Crippen LogP contribution in [0.2, 0.25) is 0 Å². The zero-order valence-electron chi connectivity index (χ0n) is 12.8. The van der Waals surface area contributed by atoms with Gasteiger partial charge < -0.3 is 0 Å². The van der Waals surface area contributed by atoms with E-state index in [1.165, 1.54) is 16.7 Å². The van der Waals surface area contributed by atoms with E-state index in [9.17, 15) is 10.1 Å². The molecule has 1 heterocycles. The fourth-order valence-electron chi connectivity index (χ4n) is 3.04. The predicted molar refractivity (Wildman–Crippen MR) is 87.0 cm³/mol. The Kier molecular flexibility index (Phi) is 4.20. The lowest BCUT2D eigenvalue weighted by Gasteiger charge is -2.19. The molecule has 22 heavy (non-hydrogen) atoms. The molecule has 1 aliphatic heterocycles. The van der Waals surface area contributed by atoms with Crippen LogP contribution in [0.15, 0.2) is 42.5 Å². The van der Waals surface area contributed by atoms with E-state index in [0.717, 1.165) is 38.0 Å². The fraction of sp³-hybridized carbons (Fsp3) is 0.333. The molecule has 4 nitrogen and oxygen atoms in total. The summed E-state index contributed by atoms with van der Waals surface area (Å²) in [7, 11) is 0. The number of nitrogens with zero attached hydrogens (tertiary/aromatic N) is 2. The molecule has 0 spiro atoms. The highest BCUT2D eigenvalue weighted by Gasteiger charge is 2.14. The van der Waals surface area contributed by atoms with Gasteiger partial charge in [0, 0.05) is 31.8 Å². The molecule has 0 aliphatic carbocycles. The Morgan fingerprint density at radius 2 is 1.73 bits per heavy atom. The van der Waals surface area contributed by atoms with Gasteiger partial charge in [0.25, 0.3) is 5.69 Å². The smallest absolute Gasteiger partial charge is 0.269 e. The molecule has 0 fully saturated rings. The highest BCUT2D eigenvalue weighted by Crippen LogP contribution is 2.19. The summed E-state index contributed by atoms with van der Waals surface area (Å²) in [4.78, 5) is 12.8. The zero-order valence-corrected chi connectivity index (χ0v) is 12.8. The van der Waals surface area contributed by atoms with Gasteiger partial charge in [-0.2, -0.15) is 0 Å². The van der Waals surface area contributed by atoms with Crippen molar-refractivity contribution in [3.8, 4) is 0 Å². The van der Waals surface area contributed by atoms with Crippen molar-refractivity contribution in [2.75, 3.05) is 13.1 Å². The molecule has 0 amide bonds. The van der Waals surface area contributed by atoms with Crippen molar-refractivity contribution in [2.24, 2.45) is 0 Å². The Balaban J connectivity index is 1.66. The second kappa shape index (κ2) is 6.28. The predicted octanol–water partition coefficient (Wildman–Crippen LogP) is 3.50. The van der Waals surface area contributed by atoms with Crippen LogP contribution in [0, 0.1) is 17.0 Å². The van der Waals surface area contributed by atoms with Gasteiger partial charge in [0.05, 0.1) is 4.92 Å². The van der Waals surface area contributed by atoms with Crippen LogP contribution in [0.3, 0.4) is 0 Å². The Labute approximate surface area is 130 Å². The molecule has 4 heteroatoms. The van der Waals surface area contributed by atoms with E-state index in [1.807, 2.05) is 12.1 Å². The first-order valence-corrected chi connectivity index (χ1v) is 7.66.